The lowest BCUT2D eigenvalue weighted by atomic mass is 9.97. The Labute approximate surface area is 176 Å². The molecule has 4 nitrogen and oxygen atoms in total. The number of hydrogen-bond donors (Lipinski definition) is 1. The average Bonchev–Trinajstić information content (AvgIpc) is 3.20. The Morgan fingerprint density at radius 2 is 1.59 bits per heavy atom. The fraction of sp³-hybridized carbons (Fsp3) is 0.167. The Morgan fingerprint density at radius 3 is 2.34 bits per heavy atom. The summed E-state index contributed by atoms with van der Waals surface area (Å²) < 4.78 is 0. The summed E-state index contributed by atoms with van der Waals surface area (Å²) >= 11 is 6.09. The first-order valence-corrected chi connectivity index (χ1v) is 9.74. The van der Waals surface area contributed by atoms with Gasteiger partial charge in [0.1, 0.15) is 0 Å². The van der Waals surface area contributed by atoms with Crippen LogP contribution in [0.3, 0.4) is 0 Å². The van der Waals surface area contributed by atoms with E-state index in [1.54, 1.807) is 0 Å². The van der Waals surface area contributed by atoms with Gasteiger partial charge in [-0.25, -0.2) is 0 Å². The van der Waals surface area contributed by atoms with Gasteiger partial charge in [-0.15, -0.1) is 0 Å². The summed E-state index contributed by atoms with van der Waals surface area (Å²) in [5.74, 6) is 0.977. The maximum Gasteiger partial charge on any atom is 0.159 e. The Bertz CT molecular complexity index is 1100. The second kappa shape index (κ2) is 8.10. The highest BCUT2D eigenvalue weighted by Crippen LogP contribution is 2.39. The molecule has 3 heterocycles. The van der Waals surface area contributed by atoms with Gasteiger partial charge in [-0.3, -0.25) is 10.1 Å². The molecule has 2 aromatic carbocycles. The van der Waals surface area contributed by atoms with Crippen LogP contribution in [0.2, 0.25) is 5.02 Å². The van der Waals surface area contributed by atoms with E-state index in [1.807, 2.05) is 48.8 Å². The van der Waals surface area contributed by atoms with Crippen LogP contribution in [-0.2, 0) is 13.0 Å². The van der Waals surface area contributed by atoms with Crippen LogP contribution < -0.4 is 4.90 Å². The third kappa shape index (κ3) is 3.64. The molecule has 4 aromatic rings. The maximum atomic E-state index is 6.09. The third-order valence-electron chi connectivity index (χ3n) is 5.28. The summed E-state index contributed by atoms with van der Waals surface area (Å²) in [7, 11) is 0. The largest absolute Gasteiger partial charge is 0.350 e. The second-order valence-electron chi connectivity index (χ2n) is 6.98. The van der Waals surface area contributed by atoms with Gasteiger partial charge in [0.25, 0.3) is 0 Å². The monoisotopic (exact) mass is 402 g/mol. The van der Waals surface area contributed by atoms with Crippen LogP contribution in [0.25, 0.3) is 22.4 Å². The minimum Gasteiger partial charge on any atom is -0.350 e. The molecule has 0 fully saturated rings. The fourth-order valence-corrected chi connectivity index (χ4v) is 3.98. The molecule has 2 aromatic heterocycles. The van der Waals surface area contributed by atoms with Crippen LogP contribution in [0.15, 0.2) is 73.1 Å². The quantitative estimate of drug-likeness (QED) is 0.457. The lowest BCUT2D eigenvalue weighted by Gasteiger charge is -2.29. The number of aromatic amines is 1. The first-order chi connectivity index (χ1) is 13.8. The van der Waals surface area contributed by atoms with Crippen molar-refractivity contribution in [2.24, 2.45) is 0 Å². The molecular formula is C24H23ClN4. The number of H-pyrrole nitrogens is 1. The third-order valence-corrected chi connectivity index (χ3v) is 5.53. The topological polar surface area (TPSA) is 44.8 Å². The molecule has 1 aliphatic heterocycles. The van der Waals surface area contributed by atoms with E-state index in [9.17, 15) is 0 Å². The molecule has 1 N–H and O–H groups in total. The lowest BCUT2D eigenvalue weighted by molar-refractivity contribution is 0.719. The van der Waals surface area contributed by atoms with Crippen LogP contribution in [0, 0.1) is 0 Å². The molecule has 0 radical (unpaired) electrons. The van der Waals surface area contributed by atoms with E-state index < -0.39 is 0 Å². The van der Waals surface area contributed by atoms with Crippen molar-refractivity contribution in [3.8, 4) is 22.4 Å². The normalized spacial score (nSPS) is 12.9. The number of anilines is 1. The first-order valence-electron chi connectivity index (χ1n) is 9.36. The number of nitrogens with one attached hydrogen (secondary N) is 1. The van der Waals surface area contributed by atoms with Crippen molar-refractivity contribution in [3.05, 3.63) is 89.2 Å². The van der Waals surface area contributed by atoms with E-state index in [4.69, 9.17) is 16.7 Å². The summed E-state index contributed by atoms with van der Waals surface area (Å²) in [5.41, 5.74) is 7.05. The van der Waals surface area contributed by atoms with E-state index in [2.05, 4.69) is 39.2 Å². The molecule has 0 amide bonds. The second-order valence-corrected chi connectivity index (χ2v) is 7.42. The SMILES string of the molecule is C.Clc1ccc(-c2[nH]nc(N3CCc4ccccc4C3)c2-c2ccncc2)cc1. The zero-order chi connectivity index (χ0) is 18.9. The number of fused-ring (bicyclic) bond motifs is 1. The highest BCUT2D eigenvalue weighted by molar-refractivity contribution is 6.30. The Hall–Kier alpha value is -3.11. The standard InChI is InChI=1S/C23H19ClN4.CH4/c24-20-7-5-18(6-8-20)22-21(17-9-12-25-13-10-17)23(27-26-22)28-14-11-16-3-1-2-4-19(16)15-28;/h1-10,12-13H,11,14-15H2,(H,26,27);1H4. The van der Waals surface area contributed by atoms with Crippen molar-refractivity contribution in [2.45, 2.75) is 20.4 Å². The number of rotatable bonds is 3. The van der Waals surface area contributed by atoms with E-state index >= 15 is 0 Å². The van der Waals surface area contributed by atoms with Crippen LogP contribution in [-0.4, -0.2) is 21.7 Å². The lowest BCUT2D eigenvalue weighted by Crippen LogP contribution is -2.30. The van der Waals surface area contributed by atoms with Crippen molar-refractivity contribution in [1.82, 2.24) is 15.2 Å². The minimum atomic E-state index is 0. The summed E-state index contributed by atoms with van der Waals surface area (Å²) in [6.45, 7) is 1.80. The molecule has 5 rings (SSSR count). The van der Waals surface area contributed by atoms with Crippen molar-refractivity contribution < 1.29 is 0 Å². The predicted molar refractivity (Wildman–Crippen MR) is 120 cm³/mol. The van der Waals surface area contributed by atoms with Gasteiger partial charge < -0.3 is 4.90 Å². The highest BCUT2D eigenvalue weighted by atomic mass is 35.5. The average molecular weight is 403 g/mol. The minimum absolute atomic E-state index is 0. The van der Waals surface area contributed by atoms with Crippen molar-refractivity contribution in [1.29, 1.82) is 0 Å². The van der Waals surface area contributed by atoms with Crippen LogP contribution in [0.5, 0.6) is 0 Å². The zero-order valence-electron chi connectivity index (χ0n) is 15.3. The first kappa shape index (κ1) is 19.2. The molecule has 0 aliphatic carbocycles. The molecule has 0 bridgehead atoms. The van der Waals surface area contributed by atoms with Gasteiger partial charge in [0.2, 0.25) is 0 Å². The van der Waals surface area contributed by atoms with E-state index in [0.29, 0.717) is 0 Å². The van der Waals surface area contributed by atoms with E-state index in [-0.39, 0.29) is 7.43 Å². The van der Waals surface area contributed by atoms with Gasteiger partial charge in [0.15, 0.2) is 5.82 Å². The number of pyridine rings is 1. The molecule has 5 heteroatoms. The Kier molecular flexibility index (Phi) is 5.36. The number of hydrogen-bond acceptors (Lipinski definition) is 3. The molecule has 0 spiro atoms. The molecule has 0 saturated carbocycles. The molecule has 0 atom stereocenters. The van der Waals surface area contributed by atoms with Crippen LogP contribution in [0.1, 0.15) is 18.6 Å². The van der Waals surface area contributed by atoms with Crippen molar-refractivity contribution in [3.63, 3.8) is 0 Å². The molecule has 0 unspecified atom stereocenters. The Morgan fingerprint density at radius 1 is 0.862 bits per heavy atom. The zero-order valence-corrected chi connectivity index (χ0v) is 16.0. The summed E-state index contributed by atoms with van der Waals surface area (Å²) in [4.78, 5) is 6.53. The highest BCUT2D eigenvalue weighted by Gasteiger charge is 2.24. The van der Waals surface area contributed by atoms with Crippen molar-refractivity contribution >= 4 is 17.4 Å². The van der Waals surface area contributed by atoms with Gasteiger partial charge in [-0.1, -0.05) is 55.4 Å². The summed E-state index contributed by atoms with van der Waals surface area (Å²) in [6, 6.07) is 20.6. The van der Waals surface area contributed by atoms with Crippen LogP contribution >= 0.6 is 11.6 Å². The van der Waals surface area contributed by atoms with Crippen molar-refractivity contribution in [2.75, 3.05) is 11.4 Å². The number of nitrogens with zero attached hydrogens (tertiary/aromatic N) is 3. The maximum absolute atomic E-state index is 6.09. The smallest absolute Gasteiger partial charge is 0.159 e. The number of aromatic nitrogens is 3. The van der Waals surface area contributed by atoms with E-state index in [1.165, 1.54) is 11.1 Å². The summed E-state index contributed by atoms with van der Waals surface area (Å²) in [6.07, 6.45) is 4.67. The molecule has 146 valence electrons. The summed E-state index contributed by atoms with van der Waals surface area (Å²) in [5, 5.41) is 8.73. The predicted octanol–water partition coefficient (Wildman–Crippen LogP) is 5.99. The Balaban J connectivity index is 0.00000205. The number of halogens is 1. The molecule has 0 saturated heterocycles. The number of benzene rings is 2. The van der Waals surface area contributed by atoms with E-state index in [0.717, 1.165) is 52.7 Å². The van der Waals surface area contributed by atoms with Crippen LogP contribution in [0.4, 0.5) is 5.82 Å². The molecule has 29 heavy (non-hydrogen) atoms. The van der Waals surface area contributed by atoms with Gasteiger partial charge >= 0.3 is 0 Å². The molecular weight excluding hydrogens is 380 g/mol. The van der Waals surface area contributed by atoms with Gasteiger partial charge in [0.05, 0.1) is 11.3 Å². The fourth-order valence-electron chi connectivity index (χ4n) is 3.86. The van der Waals surface area contributed by atoms with Gasteiger partial charge in [-0.05, 0) is 47.4 Å². The molecule has 1 aliphatic rings. The van der Waals surface area contributed by atoms with Gasteiger partial charge in [0, 0.05) is 36.1 Å². The van der Waals surface area contributed by atoms with Gasteiger partial charge in [-0.2, -0.15) is 5.10 Å².